The Bertz CT molecular complexity index is 906. The number of hydrogen-bond acceptors (Lipinski definition) is 7. The fourth-order valence-corrected chi connectivity index (χ4v) is 5.54. The van der Waals surface area contributed by atoms with Crippen LogP contribution in [0.5, 0.6) is 5.75 Å². The summed E-state index contributed by atoms with van der Waals surface area (Å²) in [6, 6.07) is 9.27. The van der Waals surface area contributed by atoms with E-state index in [1.807, 2.05) is 0 Å². The van der Waals surface area contributed by atoms with Crippen LogP contribution in [-0.4, -0.2) is 44.9 Å². The van der Waals surface area contributed by atoms with Crippen LogP contribution in [0.2, 0.25) is 0 Å². The van der Waals surface area contributed by atoms with Gasteiger partial charge < -0.3 is 9.47 Å². The second-order valence-electron chi connectivity index (χ2n) is 6.07. The fourth-order valence-electron chi connectivity index (χ4n) is 2.87. The molecule has 1 aliphatic heterocycles. The van der Waals surface area contributed by atoms with Crippen molar-refractivity contribution in [2.24, 2.45) is 5.92 Å². The third-order valence-electron chi connectivity index (χ3n) is 4.30. The highest BCUT2D eigenvalue weighted by atomic mass is 32.2. The SMILES string of the molecule is COC(=O)c1ccc(OC(=O)C2CCCN(S(=O)(=O)c3cccs3)C2)cc1. The summed E-state index contributed by atoms with van der Waals surface area (Å²) >= 11 is 1.16. The Balaban J connectivity index is 1.66. The fraction of sp³-hybridized carbons (Fsp3) is 0.333. The van der Waals surface area contributed by atoms with Gasteiger partial charge in [-0.25, -0.2) is 13.2 Å². The molecule has 1 aromatic heterocycles. The van der Waals surface area contributed by atoms with Crippen molar-refractivity contribution < 1.29 is 27.5 Å². The Morgan fingerprint density at radius 3 is 2.56 bits per heavy atom. The Morgan fingerprint density at radius 1 is 1.19 bits per heavy atom. The number of rotatable bonds is 5. The summed E-state index contributed by atoms with van der Waals surface area (Å²) < 4.78 is 36.9. The van der Waals surface area contributed by atoms with E-state index in [4.69, 9.17) is 4.74 Å². The number of hydrogen-bond donors (Lipinski definition) is 0. The van der Waals surface area contributed by atoms with E-state index in [0.717, 1.165) is 11.3 Å². The van der Waals surface area contributed by atoms with E-state index in [2.05, 4.69) is 4.74 Å². The minimum atomic E-state index is -3.58. The van der Waals surface area contributed by atoms with Gasteiger partial charge in [0.15, 0.2) is 0 Å². The van der Waals surface area contributed by atoms with E-state index >= 15 is 0 Å². The van der Waals surface area contributed by atoms with Crippen molar-refractivity contribution in [3.63, 3.8) is 0 Å². The van der Waals surface area contributed by atoms with Gasteiger partial charge in [-0.2, -0.15) is 4.31 Å². The molecule has 2 heterocycles. The normalized spacial score (nSPS) is 18.0. The lowest BCUT2D eigenvalue weighted by Gasteiger charge is -2.30. The summed E-state index contributed by atoms with van der Waals surface area (Å²) in [4.78, 5) is 23.9. The molecule has 0 saturated carbocycles. The number of piperidine rings is 1. The zero-order chi connectivity index (χ0) is 19.4. The molecule has 144 valence electrons. The van der Waals surface area contributed by atoms with Gasteiger partial charge in [-0.1, -0.05) is 6.07 Å². The molecular formula is C18H19NO6S2. The van der Waals surface area contributed by atoms with Crippen molar-refractivity contribution in [3.8, 4) is 5.75 Å². The van der Waals surface area contributed by atoms with Crippen LogP contribution >= 0.6 is 11.3 Å². The van der Waals surface area contributed by atoms with Crippen LogP contribution in [0.25, 0.3) is 0 Å². The number of sulfonamides is 1. The van der Waals surface area contributed by atoms with Crippen LogP contribution in [0.4, 0.5) is 0 Å². The number of benzene rings is 1. The maximum atomic E-state index is 12.6. The average molecular weight is 409 g/mol. The molecule has 3 rings (SSSR count). The molecule has 9 heteroatoms. The van der Waals surface area contributed by atoms with E-state index in [1.54, 1.807) is 17.5 Å². The molecule has 0 N–H and O–H groups in total. The number of carbonyl (C=O) groups excluding carboxylic acids is 2. The quantitative estimate of drug-likeness (QED) is 0.557. The van der Waals surface area contributed by atoms with Crippen LogP contribution in [0.15, 0.2) is 46.0 Å². The second kappa shape index (κ2) is 8.20. The predicted octanol–water partition coefficient (Wildman–Crippen LogP) is 2.54. The van der Waals surface area contributed by atoms with Crippen molar-refractivity contribution in [1.29, 1.82) is 0 Å². The maximum Gasteiger partial charge on any atom is 0.337 e. The van der Waals surface area contributed by atoms with E-state index in [9.17, 15) is 18.0 Å². The number of nitrogens with zero attached hydrogens (tertiary/aromatic N) is 1. The van der Waals surface area contributed by atoms with Gasteiger partial charge in [-0.05, 0) is 48.6 Å². The minimum absolute atomic E-state index is 0.0965. The molecule has 0 bridgehead atoms. The van der Waals surface area contributed by atoms with Crippen LogP contribution < -0.4 is 4.74 Å². The van der Waals surface area contributed by atoms with Gasteiger partial charge in [0.1, 0.15) is 9.96 Å². The molecule has 1 aromatic carbocycles. The molecule has 2 aromatic rings. The summed E-state index contributed by atoms with van der Waals surface area (Å²) in [5, 5.41) is 1.71. The van der Waals surface area contributed by atoms with Crippen LogP contribution in [0.3, 0.4) is 0 Å². The molecular weight excluding hydrogens is 390 g/mol. The molecule has 1 atom stereocenters. The van der Waals surface area contributed by atoms with Crippen molar-refractivity contribution in [3.05, 3.63) is 47.3 Å². The van der Waals surface area contributed by atoms with Crippen LogP contribution in [0.1, 0.15) is 23.2 Å². The molecule has 0 amide bonds. The summed E-state index contributed by atoms with van der Waals surface area (Å²) in [5.41, 5.74) is 0.350. The molecule has 0 aliphatic carbocycles. The Kier molecular flexibility index (Phi) is 5.93. The highest BCUT2D eigenvalue weighted by Crippen LogP contribution is 2.27. The molecule has 1 fully saturated rings. The summed E-state index contributed by atoms with van der Waals surface area (Å²) in [6.45, 7) is 0.483. The molecule has 0 spiro atoms. The standard InChI is InChI=1S/C18H19NO6S2/c1-24-17(20)13-6-8-15(9-7-13)25-18(21)14-4-2-10-19(12-14)27(22,23)16-5-3-11-26-16/h3,5-9,11,14H,2,4,10,12H2,1H3. The second-order valence-corrected chi connectivity index (χ2v) is 9.18. The molecule has 0 radical (unpaired) electrons. The molecule has 27 heavy (non-hydrogen) atoms. The first-order valence-corrected chi connectivity index (χ1v) is 10.7. The first kappa shape index (κ1) is 19.5. The Hall–Kier alpha value is -2.23. The van der Waals surface area contributed by atoms with Crippen molar-refractivity contribution in [2.75, 3.05) is 20.2 Å². The third-order valence-corrected chi connectivity index (χ3v) is 7.54. The van der Waals surface area contributed by atoms with Gasteiger partial charge in [0.2, 0.25) is 0 Å². The van der Waals surface area contributed by atoms with E-state index in [-0.39, 0.29) is 10.8 Å². The van der Waals surface area contributed by atoms with E-state index in [1.165, 1.54) is 35.7 Å². The van der Waals surface area contributed by atoms with Gasteiger partial charge in [0, 0.05) is 13.1 Å². The summed E-state index contributed by atoms with van der Waals surface area (Å²) in [7, 11) is -2.30. The molecule has 1 saturated heterocycles. The van der Waals surface area contributed by atoms with Crippen molar-refractivity contribution >= 4 is 33.3 Å². The van der Waals surface area contributed by atoms with Crippen molar-refractivity contribution in [1.82, 2.24) is 4.31 Å². The minimum Gasteiger partial charge on any atom is -0.465 e. The van der Waals surface area contributed by atoms with Gasteiger partial charge >= 0.3 is 11.9 Å². The van der Waals surface area contributed by atoms with Gasteiger partial charge in [0.25, 0.3) is 10.0 Å². The number of carbonyl (C=O) groups is 2. The maximum absolute atomic E-state index is 12.6. The Labute approximate surface area is 161 Å². The van der Waals surface area contributed by atoms with Crippen LogP contribution in [0, 0.1) is 5.92 Å². The number of thiophene rings is 1. The van der Waals surface area contributed by atoms with Crippen molar-refractivity contribution in [2.45, 2.75) is 17.1 Å². The molecule has 1 unspecified atom stereocenters. The van der Waals surface area contributed by atoms with Gasteiger partial charge in [0.05, 0.1) is 18.6 Å². The van der Waals surface area contributed by atoms with E-state index in [0.29, 0.717) is 30.7 Å². The van der Waals surface area contributed by atoms with Gasteiger partial charge in [-0.3, -0.25) is 4.79 Å². The van der Waals surface area contributed by atoms with E-state index < -0.39 is 27.9 Å². The van der Waals surface area contributed by atoms with Crippen LogP contribution in [-0.2, 0) is 19.6 Å². The molecule has 1 aliphatic rings. The molecule has 7 nitrogen and oxygen atoms in total. The number of ether oxygens (including phenoxy) is 2. The topological polar surface area (TPSA) is 90.0 Å². The zero-order valence-electron chi connectivity index (χ0n) is 14.7. The number of methoxy groups -OCH3 is 1. The van der Waals surface area contributed by atoms with Gasteiger partial charge in [-0.15, -0.1) is 11.3 Å². The highest BCUT2D eigenvalue weighted by Gasteiger charge is 2.34. The Morgan fingerprint density at radius 2 is 1.93 bits per heavy atom. The summed E-state index contributed by atoms with van der Waals surface area (Å²) in [6.07, 6.45) is 1.15. The predicted molar refractivity (Wildman–Crippen MR) is 99.2 cm³/mol. The summed E-state index contributed by atoms with van der Waals surface area (Å²) in [5.74, 6) is -1.19. The largest absolute Gasteiger partial charge is 0.465 e. The first-order valence-electron chi connectivity index (χ1n) is 8.35. The first-order chi connectivity index (χ1) is 12.9. The lowest BCUT2D eigenvalue weighted by molar-refractivity contribution is -0.140. The monoisotopic (exact) mass is 409 g/mol. The lowest BCUT2D eigenvalue weighted by Crippen LogP contribution is -2.43. The zero-order valence-corrected chi connectivity index (χ0v) is 16.3. The lowest BCUT2D eigenvalue weighted by atomic mass is 10.00. The smallest absolute Gasteiger partial charge is 0.337 e. The third kappa shape index (κ3) is 4.37. The number of esters is 2. The highest BCUT2D eigenvalue weighted by molar-refractivity contribution is 7.91. The average Bonchev–Trinajstić information content (AvgIpc) is 3.24.